The third kappa shape index (κ3) is 5.92. The second-order valence-corrected chi connectivity index (χ2v) is 5.58. The van der Waals surface area contributed by atoms with Crippen molar-refractivity contribution in [1.29, 1.82) is 0 Å². The molecule has 4 nitrogen and oxygen atoms in total. The number of unbranched alkanes of at least 4 members (excludes halogenated alkanes) is 2. The molecule has 0 amide bonds. The first-order valence-corrected chi connectivity index (χ1v) is 7.18. The summed E-state index contributed by atoms with van der Waals surface area (Å²) in [5.74, 6) is -1.41. The van der Waals surface area contributed by atoms with Gasteiger partial charge in [-0.25, -0.2) is 22.3 Å². The van der Waals surface area contributed by atoms with Gasteiger partial charge in [0.05, 0.1) is 12.4 Å². The molecule has 0 aliphatic heterocycles. The van der Waals surface area contributed by atoms with Crippen LogP contribution in [0.4, 0.5) is 8.78 Å². The van der Waals surface area contributed by atoms with Gasteiger partial charge in [0.25, 0.3) is 0 Å². The largest absolute Gasteiger partial charge is 0.490 e. The Bertz CT molecular complexity index is 491. The van der Waals surface area contributed by atoms with Gasteiger partial charge in [0, 0.05) is 6.07 Å². The fourth-order valence-electron chi connectivity index (χ4n) is 1.35. The molecule has 0 aliphatic carbocycles. The summed E-state index contributed by atoms with van der Waals surface area (Å²) >= 11 is 0. The van der Waals surface area contributed by atoms with Crippen LogP contribution in [0.5, 0.6) is 5.75 Å². The molecule has 0 unspecified atom stereocenters. The van der Waals surface area contributed by atoms with E-state index in [1.807, 2.05) is 0 Å². The summed E-state index contributed by atoms with van der Waals surface area (Å²) in [4.78, 5) is 0. The van der Waals surface area contributed by atoms with Crippen LogP contribution >= 0.6 is 0 Å². The van der Waals surface area contributed by atoms with Gasteiger partial charge in [-0.1, -0.05) is 0 Å². The van der Waals surface area contributed by atoms with E-state index in [4.69, 9.17) is 9.88 Å². The summed E-state index contributed by atoms with van der Waals surface area (Å²) in [7, 11) is -3.43. The second-order valence-electron chi connectivity index (χ2n) is 3.85. The molecule has 0 fully saturated rings. The molecule has 0 aromatic heterocycles. The lowest BCUT2D eigenvalue weighted by Gasteiger charge is -2.06. The maximum absolute atomic E-state index is 13.1. The van der Waals surface area contributed by atoms with E-state index in [0.717, 1.165) is 18.2 Å². The molecule has 0 atom stereocenters. The van der Waals surface area contributed by atoms with Gasteiger partial charge in [-0.3, -0.25) is 0 Å². The number of rotatable bonds is 7. The van der Waals surface area contributed by atoms with Crippen molar-refractivity contribution in [2.24, 2.45) is 5.14 Å². The molecular weight excluding hydrogens is 264 g/mol. The van der Waals surface area contributed by atoms with Crippen LogP contribution < -0.4 is 9.88 Å². The molecule has 2 N–H and O–H groups in total. The molecule has 0 heterocycles. The van der Waals surface area contributed by atoms with Crippen LogP contribution in [0.3, 0.4) is 0 Å². The Labute approximate surface area is 105 Å². The third-order valence-corrected chi connectivity index (χ3v) is 3.08. The number of primary sulfonamides is 1. The average molecular weight is 279 g/mol. The number of hydrogen-bond donors (Lipinski definition) is 1. The Morgan fingerprint density at radius 3 is 2.56 bits per heavy atom. The number of sulfonamides is 1. The van der Waals surface area contributed by atoms with Gasteiger partial charge in [-0.2, -0.15) is 0 Å². The normalized spacial score (nSPS) is 11.5. The lowest BCUT2D eigenvalue weighted by molar-refractivity contribution is 0.290. The molecule has 102 valence electrons. The van der Waals surface area contributed by atoms with Gasteiger partial charge in [0.1, 0.15) is 5.82 Å². The van der Waals surface area contributed by atoms with E-state index in [1.54, 1.807) is 0 Å². The maximum atomic E-state index is 13.1. The van der Waals surface area contributed by atoms with Gasteiger partial charge >= 0.3 is 0 Å². The van der Waals surface area contributed by atoms with Crippen molar-refractivity contribution in [2.45, 2.75) is 19.3 Å². The van der Waals surface area contributed by atoms with Crippen LogP contribution in [0.2, 0.25) is 0 Å². The number of benzene rings is 1. The molecular formula is C11H15F2NO3S. The Hall–Kier alpha value is -1.21. The topological polar surface area (TPSA) is 69.4 Å². The van der Waals surface area contributed by atoms with Crippen molar-refractivity contribution >= 4 is 10.0 Å². The minimum atomic E-state index is -3.43. The van der Waals surface area contributed by atoms with E-state index in [-0.39, 0.29) is 18.1 Å². The zero-order valence-corrected chi connectivity index (χ0v) is 10.6. The Kier molecular flexibility index (Phi) is 5.49. The van der Waals surface area contributed by atoms with E-state index < -0.39 is 21.7 Å². The Balaban J connectivity index is 2.24. The number of ether oxygens (including phenoxy) is 1. The summed E-state index contributed by atoms with van der Waals surface area (Å²) in [6.07, 6.45) is 1.56. The first-order chi connectivity index (χ1) is 8.38. The first kappa shape index (κ1) is 14.8. The molecule has 0 aliphatic rings. The van der Waals surface area contributed by atoms with Crippen LogP contribution in [0, 0.1) is 11.6 Å². The molecule has 18 heavy (non-hydrogen) atoms. The first-order valence-electron chi connectivity index (χ1n) is 5.47. The zero-order valence-electron chi connectivity index (χ0n) is 9.73. The van der Waals surface area contributed by atoms with Gasteiger partial charge in [-0.05, 0) is 31.4 Å². The van der Waals surface area contributed by atoms with Gasteiger partial charge in [-0.15, -0.1) is 0 Å². The van der Waals surface area contributed by atoms with E-state index in [1.165, 1.54) is 0 Å². The number of hydrogen-bond acceptors (Lipinski definition) is 3. The van der Waals surface area contributed by atoms with Crippen LogP contribution in [0.25, 0.3) is 0 Å². The summed E-state index contributed by atoms with van der Waals surface area (Å²) < 4.78 is 52.2. The van der Waals surface area contributed by atoms with E-state index >= 15 is 0 Å². The SMILES string of the molecule is NS(=O)(=O)CCCCCOc1cc(F)ccc1F. The molecule has 1 aromatic rings. The number of halogens is 2. The minimum Gasteiger partial charge on any atom is -0.490 e. The quantitative estimate of drug-likeness (QED) is 0.774. The van der Waals surface area contributed by atoms with E-state index in [0.29, 0.717) is 19.3 Å². The molecule has 0 saturated heterocycles. The Morgan fingerprint density at radius 1 is 1.17 bits per heavy atom. The van der Waals surface area contributed by atoms with Crippen LogP contribution in [0.15, 0.2) is 18.2 Å². The van der Waals surface area contributed by atoms with Crippen molar-refractivity contribution in [3.63, 3.8) is 0 Å². The van der Waals surface area contributed by atoms with Crippen molar-refractivity contribution in [3.8, 4) is 5.75 Å². The standard InChI is InChI=1S/C11H15F2NO3S/c12-9-4-5-10(13)11(8-9)17-6-2-1-3-7-18(14,15)16/h4-5,8H,1-3,6-7H2,(H2,14,15,16). The van der Waals surface area contributed by atoms with Crippen molar-refractivity contribution < 1.29 is 21.9 Å². The molecule has 1 rings (SSSR count). The number of nitrogens with two attached hydrogens (primary N) is 1. The maximum Gasteiger partial charge on any atom is 0.209 e. The predicted molar refractivity (Wildman–Crippen MR) is 63.7 cm³/mol. The van der Waals surface area contributed by atoms with Crippen LogP contribution in [-0.4, -0.2) is 20.8 Å². The van der Waals surface area contributed by atoms with Crippen molar-refractivity contribution in [1.82, 2.24) is 0 Å². The zero-order chi connectivity index (χ0) is 13.6. The Morgan fingerprint density at radius 2 is 1.89 bits per heavy atom. The van der Waals surface area contributed by atoms with Gasteiger partial charge < -0.3 is 4.74 Å². The highest BCUT2D eigenvalue weighted by Gasteiger charge is 2.05. The van der Waals surface area contributed by atoms with Crippen molar-refractivity contribution in [3.05, 3.63) is 29.8 Å². The minimum absolute atomic E-state index is 0.0820. The fourth-order valence-corrected chi connectivity index (χ4v) is 1.96. The molecule has 0 radical (unpaired) electrons. The molecule has 0 spiro atoms. The van der Waals surface area contributed by atoms with Crippen LogP contribution in [0.1, 0.15) is 19.3 Å². The highest BCUT2D eigenvalue weighted by molar-refractivity contribution is 7.89. The predicted octanol–water partition coefficient (Wildman–Crippen LogP) is 1.80. The summed E-state index contributed by atoms with van der Waals surface area (Å²) in [5, 5.41) is 4.83. The van der Waals surface area contributed by atoms with E-state index in [2.05, 4.69) is 0 Å². The summed E-state index contributed by atoms with van der Waals surface area (Å²) in [5.41, 5.74) is 0. The monoisotopic (exact) mass is 279 g/mol. The highest BCUT2D eigenvalue weighted by Crippen LogP contribution is 2.18. The lowest BCUT2D eigenvalue weighted by atomic mass is 10.2. The highest BCUT2D eigenvalue weighted by atomic mass is 32.2. The lowest BCUT2D eigenvalue weighted by Crippen LogP contribution is -2.16. The third-order valence-electron chi connectivity index (χ3n) is 2.22. The molecule has 1 aromatic carbocycles. The van der Waals surface area contributed by atoms with Crippen molar-refractivity contribution in [2.75, 3.05) is 12.4 Å². The summed E-state index contributed by atoms with van der Waals surface area (Å²) in [6, 6.07) is 2.97. The fraction of sp³-hybridized carbons (Fsp3) is 0.455. The molecule has 0 saturated carbocycles. The van der Waals surface area contributed by atoms with Gasteiger partial charge in [0.15, 0.2) is 11.6 Å². The van der Waals surface area contributed by atoms with Gasteiger partial charge in [0.2, 0.25) is 10.0 Å². The van der Waals surface area contributed by atoms with E-state index in [9.17, 15) is 17.2 Å². The average Bonchev–Trinajstić information content (AvgIpc) is 2.26. The second kappa shape index (κ2) is 6.65. The molecule has 0 bridgehead atoms. The summed E-state index contributed by atoms with van der Waals surface area (Å²) in [6.45, 7) is 0.199. The smallest absolute Gasteiger partial charge is 0.209 e. The van der Waals surface area contributed by atoms with Crippen LogP contribution in [-0.2, 0) is 10.0 Å². The molecule has 7 heteroatoms.